The third-order valence-corrected chi connectivity index (χ3v) is 5.89. The molecule has 32 heavy (non-hydrogen) atoms. The monoisotopic (exact) mass is 437 g/mol. The predicted molar refractivity (Wildman–Crippen MR) is 124 cm³/mol. The molecule has 0 radical (unpaired) electrons. The van der Waals surface area contributed by atoms with Crippen molar-refractivity contribution in [3.8, 4) is 11.5 Å². The van der Waals surface area contributed by atoms with Crippen molar-refractivity contribution < 1.29 is 19.7 Å². The van der Waals surface area contributed by atoms with Crippen LogP contribution in [0.1, 0.15) is 11.7 Å². The van der Waals surface area contributed by atoms with E-state index in [1.54, 1.807) is 13.3 Å². The fraction of sp³-hybridized carbons (Fsp3) is 0.400. The van der Waals surface area contributed by atoms with Crippen LogP contribution in [0.25, 0.3) is 10.9 Å². The van der Waals surface area contributed by atoms with E-state index in [0.29, 0.717) is 13.1 Å². The van der Waals surface area contributed by atoms with Crippen molar-refractivity contribution in [1.82, 2.24) is 14.8 Å². The van der Waals surface area contributed by atoms with Crippen molar-refractivity contribution in [3.63, 3.8) is 0 Å². The minimum absolute atomic E-state index is 0.279. The molecule has 4 rings (SSSR count). The number of piperazine rings is 1. The maximum Gasteiger partial charge on any atom is 0.119 e. The van der Waals surface area contributed by atoms with Crippen LogP contribution in [-0.4, -0.2) is 84.1 Å². The maximum atomic E-state index is 10.9. The number of para-hydroxylation sites is 1. The summed E-state index contributed by atoms with van der Waals surface area (Å²) in [5.74, 6) is 1.52. The molecule has 1 unspecified atom stereocenters. The normalized spacial score (nSPS) is 17.2. The van der Waals surface area contributed by atoms with Gasteiger partial charge in [0, 0.05) is 50.9 Å². The quantitative estimate of drug-likeness (QED) is 0.532. The average Bonchev–Trinajstić information content (AvgIpc) is 2.84. The number of rotatable bonds is 9. The third kappa shape index (κ3) is 5.75. The number of nitrogens with zero attached hydrogens (tertiary/aromatic N) is 3. The van der Waals surface area contributed by atoms with E-state index in [0.717, 1.165) is 54.1 Å². The Hall–Kier alpha value is -2.71. The number of hydrogen-bond donors (Lipinski definition) is 2. The van der Waals surface area contributed by atoms with Gasteiger partial charge < -0.3 is 19.7 Å². The Morgan fingerprint density at radius 2 is 1.62 bits per heavy atom. The van der Waals surface area contributed by atoms with Crippen LogP contribution in [0.15, 0.2) is 60.8 Å². The topological polar surface area (TPSA) is 78.3 Å². The lowest BCUT2D eigenvalue weighted by Gasteiger charge is -2.36. The highest BCUT2D eigenvalue weighted by molar-refractivity contribution is 5.83. The largest absolute Gasteiger partial charge is 0.497 e. The van der Waals surface area contributed by atoms with Gasteiger partial charge in [-0.3, -0.25) is 14.8 Å². The first kappa shape index (κ1) is 22.5. The molecule has 2 aromatic carbocycles. The fourth-order valence-electron chi connectivity index (χ4n) is 4.12. The zero-order chi connectivity index (χ0) is 22.3. The number of hydrogen-bond acceptors (Lipinski definition) is 7. The van der Waals surface area contributed by atoms with Gasteiger partial charge in [-0.2, -0.15) is 0 Å². The number of aliphatic hydroxyl groups is 2. The molecule has 1 aliphatic heterocycles. The number of pyridine rings is 1. The summed E-state index contributed by atoms with van der Waals surface area (Å²) < 4.78 is 11.0. The summed E-state index contributed by atoms with van der Waals surface area (Å²) in [6.07, 6.45) is 0.596. The summed E-state index contributed by atoms with van der Waals surface area (Å²) in [5.41, 5.74) is 1.71. The molecule has 2 N–H and O–H groups in total. The van der Waals surface area contributed by atoms with Crippen molar-refractivity contribution in [3.05, 3.63) is 66.4 Å². The number of aromatic nitrogens is 1. The second-order valence-electron chi connectivity index (χ2n) is 8.18. The molecule has 170 valence electrons. The Bertz CT molecular complexity index is 993. The van der Waals surface area contributed by atoms with Crippen LogP contribution in [0.5, 0.6) is 11.5 Å². The number of benzene rings is 2. The van der Waals surface area contributed by atoms with Crippen molar-refractivity contribution in [2.45, 2.75) is 12.2 Å². The molecule has 0 saturated carbocycles. The van der Waals surface area contributed by atoms with Crippen LogP contribution in [0.2, 0.25) is 0 Å². The SMILES string of the molecule is COc1ccc2nccc([C@H](O)CN3CCN(CC(O)COc4ccccc4)CC3)c2c1. The lowest BCUT2D eigenvalue weighted by Crippen LogP contribution is -2.50. The minimum Gasteiger partial charge on any atom is -0.497 e. The van der Waals surface area contributed by atoms with Crippen molar-refractivity contribution in [2.75, 3.05) is 53.0 Å². The second kappa shape index (κ2) is 10.7. The number of methoxy groups -OCH3 is 1. The lowest BCUT2D eigenvalue weighted by molar-refractivity contribution is 0.0333. The van der Waals surface area contributed by atoms with Gasteiger partial charge in [0.15, 0.2) is 0 Å². The molecule has 0 bridgehead atoms. The minimum atomic E-state index is -0.607. The molecule has 1 aromatic heterocycles. The van der Waals surface area contributed by atoms with Gasteiger partial charge in [0.2, 0.25) is 0 Å². The number of β-amino-alcohol motifs (C(OH)–C–C–N with tert-alkyl or cyclic N) is 2. The summed E-state index contributed by atoms with van der Waals surface area (Å²) in [7, 11) is 1.64. The van der Waals surface area contributed by atoms with Crippen LogP contribution in [0.4, 0.5) is 0 Å². The van der Waals surface area contributed by atoms with Gasteiger partial charge in [0.05, 0.1) is 18.7 Å². The van der Waals surface area contributed by atoms with E-state index in [-0.39, 0.29) is 6.61 Å². The van der Waals surface area contributed by atoms with E-state index in [1.165, 1.54) is 0 Å². The van der Waals surface area contributed by atoms with E-state index in [2.05, 4.69) is 14.8 Å². The maximum absolute atomic E-state index is 10.9. The predicted octanol–water partition coefficient (Wildman–Crippen LogP) is 2.33. The number of aliphatic hydroxyl groups excluding tert-OH is 2. The molecule has 2 heterocycles. The van der Waals surface area contributed by atoms with Crippen molar-refractivity contribution in [1.29, 1.82) is 0 Å². The van der Waals surface area contributed by atoms with E-state index in [9.17, 15) is 10.2 Å². The highest BCUT2D eigenvalue weighted by Crippen LogP contribution is 2.27. The molecule has 0 amide bonds. The molecule has 1 saturated heterocycles. The van der Waals surface area contributed by atoms with Crippen LogP contribution in [0.3, 0.4) is 0 Å². The van der Waals surface area contributed by atoms with E-state index in [4.69, 9.17) is 9.47 Å². The van der Waals surface area contributed by atoms with Gasteiger partial charge in [-0.05, 0) is 42.0 Å². The highest BCUT2D eigenvalue weighted by atomic mass is 16.5. The molecule has 0 spiro atoms. The summed E-state index contributed by atoms with van der Waals surface area (Å²) in [5, 5.41) is 22.2. The van der Waals surface area contributed by atoms with Gasteiger partial charge >= 0.3 is 0 Å². The third-order valence-electron chi connectivity index (χ3n) is 5.89. The summed E-state index contributed by atoms with van der Waals surface area (Å²) in [4.78, 5) is 8.91. The molecule has 7 nitrogen and oxygen atoms in total. The first-order chi connectivity index (χ1) is 15.6. The Morgan fingerprint density at radius 1 is 0.906 bits per heavy atom. The second-order valence-corrected chi connectivity index (χ2v) is 8.18. The van der Waals surface area contributed by atoms with Gasteiger partial charge in [-0.15, -0.1) is 0 Å². The Kier molecular flexibility index (Phi) is 7.55. The summed E-state index contributed by atoms with van der Waals surface area (Å²) in [6, 6.07) is 17.1. The van der Waals surface area contributed by atoms with E-state index < -0.39 is 12.2 Å². The summed E-state index contributed by atoms with van der Waals surface area (Å²) in [6.45, 7) is 4.80. The Morgan fingerprint density at radius 3 is 2.34 bits per heavy atom. The van der Waals surface area contributed by atoms with Gasteiger partial charge in [0.25, 0.3) is 0 Å². The first-order valence-corrected chi connectivity index (χ1v) is 11.0. The zero-order valence-corrected chi connectivity index (χ0v) is 18.4. The van der Waals surface area contributed by atoms with Gasteiger partial charge in [0.1, 0.15) is 24.2 Å². The molecular weight excluding hydrogens is 406 g/mol. The fourth-order valence-corrected chi connectivity index (χ4v) is 4.12. The van der Waals surface area contributed by atoms with Gasteiger partial charge in [-0.25, -0.2) is 0 Å². The molecule has 1 fully saturated rings. The standard InChI is InChI=1S/C25H31N3O4/c1-31-21-7-8-24-23(15-21)22(9-10-26-24)25(30)17-28-13-11-27(12-14-28)16-19(29)18-32-20-5-3-2-4-6-20/h2-10,15,19,25,29-30H,11-14,16-18H2,1H3/t19?,25-/m1/s1. The van der Waals surface area contributed by atoms with Crippen LogP contribution in [0, 0.1) is 0 Å². The van der Waals surface area contributed by atoms with Gasteiger partial charge in [-0.1, -0.05) is 18.2 Å². The highest BCUT2D eigenvalue weighted by Gasteiger charge is 2.22. The average molecular weight is 438 g/mol. The molecule has 3 aromatic rings. The molecule has 7 heteroatoms. The van der Waals surface area contributed by atoms with Crippen LogP contribution in [-0.2, 0) is 0 Å². The summed E-state index contributed by atoms with van der Waals surface area (Å²) >= 11 is 0. The number of fused-ring (bicyclic) bond motifs is 1. The molecule has 2 atom stereocenters. The van der Waals surface area contributed by atoms with E-state index in [1.807, 2.05) is 54.6 Å². The Labute approximate surface area is 188 Å². The number of ether oxygens (including phenoxy) is 2. The van der Waals surface area contributed by atoms with Crippen LogP contribution < -0.4 is 9.47 Å². The molecule has 1 aliphatic rings. The molecule has 0 aliphatic carbocycles. The first-order valence-electron chi connectivity index (χ1n) is 11.0. The lowest BCUT2D eigenvalue weighted by atomic mass is 10.0. The zero-order valence-electron chi connectivity index (χ0n) is 18.4. The van der Waals surface area contributed by atoms with Crippen molar-refractivity contribution >= 4 is 10.9 Å². The molecular formula is C25H31N3O4. The Balaban J connectivity index is 1.26. The van der Waals surface area contributed by atoms with Crippen LogP contribution >= 0.6 is 0 Å². The smallest absolute Gasteiger partial charge is 0.119 e. The van der Waals surface area contributed by atoms with E-state index >= 15 is 0 Å². The van der Waals surface area contributed by atoms with Crippen molar-refractivity contribution in [2.24, 2.45) is 0 Å².